The van der Waals surface area contributed by atoms with Crippen LogP contribution in [0.5, 0.6) is 0 Å². The van der Waals surface area contributed by atoms with Gasteiger partial charge in [-0.15, -0.1) is 0 Å². The zero-order valence-electron chi connectivity index (χ0n) is 11.7. The van der Waals surface area contributed by atoms with Crippen LogP contribution in [0.15, 0.2) is 30.3 Å². The predicted molar refractivity (Wildman–Crippen MR) is 82.7 cm³/mol. The first kappa shape index (κ1) is 14.9. The third-order valence-electron chi connectivity index (χ3n) is 3.53. The first-order chi connectivity index (χ1) is 9.54. The van der Waals surface area contributed by atoms with Gasteiger partial charge in [-0.05, 0) is 31.3 Å². The molecule has 2 rings (SSSR count). The Labute approximate surface area is 120 Å². The summed E-state index contributed by atoms with van der Waals surface area (Å²) in [5.41, 5.74) is 1.04. The van der Waals surface area contributed by atoms with E-state index < -0.39 is 9.71 Å². The van der Waals surface area contributed by atoms with Gasteiger partial charge in [0.25, 0.3) is 0 Å². The Morgan fingerprint density at radius 1 is 1.45 bits per heavy atom. The number of carbonyl (C=O) groups is 1. The number of rotatable bonds is 4. The molecule has 2 N–H and O–H groups in total. The number of carbonyl (C=O) groups excluding carboxylic acids is 1. The molecule has 0 spiro atoms. The maximum Gasteiger partial charge on any atom is 0.318 e. The summed E-state index contributed by atoms with van der Waals surface area (Å²) in [6.07, 6.45) is 1.58. The highest BCUT2D eigenvalue weighted by atomic mass is 32.2. The first-order valence-corrected chi connectivity index (χ1v) is 8.46. The molecule has 1 aromatic rings. The third kappa shape index (κ3) is 3.32. The molecule has 1 unspecified atom stereocenters. The molecule has 1 aromatic carbocycles. The Hall–Kier alpha value is -1.53. The lowest BCUT2D eigenvalue weighted by molar-refractivity contribution is 0.204. The molecule has 0 bridgehead atoms. The van der Waals surface area contributed by atoms with Gasteiger partial charge in [-0.1, -0.05) is 30.3 Å². The van der Waals surface area contributed by atoms with Crippen LogP contribution in [0.2, 0.25) is 0 Å². The van der Waals surface area contributed by atoms with Crippen molar-refractivity contribution >= 4 is 21.6 Å². The van der Waals surface area contributed by atoms with Gasteiger partial charge in [0, 0.05) is 22.8 Å². The van der Waals surface area contributed by atoms with Gasteiger partial charge in [0.2, 0.25) is 0 Å². The van der Waals surface area contributed by atoms with Crippen molar-refractivity contribution in [2.24, 2.45) is 0 Å². The van der Waals surface area contributed by atoms with Crippen molar-refractivity contribution in [2.75, 3.05) is 13.6 Å². The number of likely N-dealkylation sites (tertiary alicyclic amines) is 1. The lowest BCUT2D eigenvalue weighted by atomic mass is 10.2. The Balaban J connectivity index is 1.98. The summed E-state index contributed by atoms with van der Waals surface area (Å²) in [5.74, 6) is 3.72. The van der Waals surface area contributed by atoms with E-state index in [0.717, 1.165) is 18.4 Å². The molecular formula is C14H21N3O2S. The molecule has 0 radical (unpaired) electrons. The number of hydrogen-bond donors (Lipinski definition) is 2. The normalized spacial score (nSPS) is 21.4. The van der Waals surface area contributed by atoms with Crippen molar-refractivity contribution in [2.45, 2.75) is 24.8 Å². The Bertz CT molecular complexity index is 557. The van der Waals surface area contributed by atoms with E-state index in [1.807, 2.05) is 30.3 Å². The van der Waals surface area contributed by atoms with E-state index in [1.165, 1.54) is 0 Å². The lowest BCUT2D eigenvalue weighted by Gasteiger charge is -2.27. The highest BCUT2D eigenvalue weighted by Crippen LogP contribution is 2.21. The fourth-order valence-electron chi connectivity index (χ4n) is 2.38. The van der Waals surface area contributed by atoms with Crippen LogP contribution >= 0.6 is 0 Å². The van der Waals surface area contributed by atoms with Crippen LogP contribution in [0.1, 0.15) is 18.4 Å². The topological polar surface area (TPSA) is 61.4 Å². The van der Waals surface area contributed by atoms with Crippen molar-refractivity contribution in [3.8, 4) is 0 Å². The first-order valence-electron chi connectivity index (χ1n) is 6.67. The van der Waals surface area contributed by atoms with Crippen molar-refractivity contribution in [1.82, 2.24) is 14.9 Å². The van der Waals surface area contributed by atoms with Gasteiger partial charge in [0.05, 0.1) is 0 Å². The van der Waals surface area contributed by atoms with E-state index in [4.69, 9.17) is 0 Å². The maximum atomic E-state index is 12.3. The van der Waals surface area contributed by atoms with Crippen LogP contribution in [0, 0.1) is 0 Å². The summed E-state index contributed by atoms with van der Waals surface area (Å²) in [6.45, 7) is 1.10. The molecule has 2 atom stereocenters. The predicted octanol–water partition coefficient (Wildman–Crippen LogP) is 1.17. The summed E-state index contributed by atoms with van der Waals surface area (Å²) in [7, 11) is -0.841. The van der Waals surface area contributed by atoms with Crippen LogP contribution in [0.25, 0.3) is 0 Å². The van der Waals surface area contributed by atoms with E-state index in [9.17, 15) is 9.00 Å². The Kier molecular flexibility index (Phi) is 4.67. The molecule has 2 amide bonds. The van der Waals surface area contributed by atoms with E-state index in [0.29, 0.717) is 13.1 Å². The number of nitrogens with one attached hydrogen (secondary N) is 2. The summed E-state index contributed by atoms with van der Waals surface area (Å²) in [4.78, 5) is 13.9. The summed E-state index contributed by atoms with van der Waals surface area (Å²) >= 11 is 0. The van der Waals surface area contributed by atoms with Gasteiger partial charge in [0.1, 0.15) is 5.37 Å². The van der Waals surface area contributed by atoms with Gasteiger partial charge in [0.15, 0.2) is 0 Å². The number of benzene rings is 1. The molecule has 5 nitrogen and oxygen atoms in total. The second-order valence-electron chi connectivity index (χ2n) is 4.86. The summed E-state index contributed by atoms with van der Waals surface area (Å²) in [6, 6.07) is 9.54. The minimum Gasteiger partial charge on any atom is -0.334 e. The highest BCUT2D eigenvalue weighted by molar-refractivity contribution is 7.99. The van der Waals surface area contributed by atoms with Gasteiger partial charge < -0.3 is 10.2 Å². The van der Waals surface area contributed by atoms with E-state index in [1.54, 1.807) is 11.9 Å². The molecule has 20 heavy (non-hydrogen) atoms. The smallest absolute Gasteiger partial charge is 0.318 e. The standard InChI is InChI=1S/C14H21N3O2S/c1-15-20(2,19)13-9-6-10-17(13)14(18)16-11-12-7-4-3-5-8-12/h3-5,7-8,13H,2,6,9-11H2,1H3,(H,15,19)(H,16,18)/t13-,20?/m1/s1. The third-order valence-corrected chi connectivity index (χ3v) is 5.59. The molecule has 1 aliphatic heterocycles. The quantitative estimate of drug-likeness (QED) is 0.819. The maximum absolute atomic E-state index is 12.3. The summed E-state index contributed by atoms with van der Waals surface area (Å²) in [5, 5.41) is 2.54. The van der Waals surface area contributed by atoms with Crippen molar-refractivity contribution in [3.05, 3.63) is 35.9 Å². The van der Waals surface area contributed by atoms with Crippen molar-refractivity contribution < 1.29 is 9.00 Å². The molecule has 1 heterocycles. The highest BCUT2D eigenvalue weighted by Gasteiger charge is 2.33. The van der Waals surface area contributed by atoms with E-state index >= 15 is 0 Å². The molecule has 0 aliphatic carbocycles. The molecule has 6 heteroatoms. The second kappa shape index (κ2) is 6.28. The zero-order valence-corrected chi connectivity index (χ0v) is 12.5. The van der Waals surface area contributed by atoms with E-state index in [2.05, 4.69) is 15.9 Å². The van der Waals surface area contributed by atoms with Crippen LogP contribution < -0.4 is 10.0 Å². The average Bonchev–Trinajstić information content (AvgIpc) is 2.96. The molecule has 1 saturated heterocycles. The molecule has 1 aliphatic rings. The Morgan fingerprint density at radius 2 is 2.15 bits per heavy atom. The van der Waals surface area contributed by atoms with Gasteiger partial charge >= 0.3 is 6.03 Å². The van der Waals surface area contributed by atoms with Crippen molar-refractivity contribution in [3.63, 3.8) is 0 Å². The van der Waals surface area contributed by atoms with Crippen LogP contribution in [0.3, 0.4) is 0 Å². The molecule has 1 fully saturated rings. The van der Waals surface area contributed by atoms with Crippen molar-refractivity contribution in [1.29, 1.82) is 0 Å². The zero-order chi connectivity index (χ0) is 14.6. The largest absolute Gasteiger partial charge is 0.334 e. The molecule has 0 aromatic heterocycles. The van der Waals surface area contributed by atoms with Crippen LogP contribution in [0.4, 0.5) is 4.79 Å². The lowest BCUT2D eigenvalue weighted by Crippen LogP contribution is -2.48. The number of hydrogen-bond acceptors (Lipinski definition) is 2. The minimum absolute atomic E-state index is 0.178. The fourth-order valence-corrected chi connectivity index (χ4v) is 3.81. The number of urea groups is 1. The Morgan fingerprint density at radius 3 is 2.80 bits per heavy atom. The van der Waals surface area contributed by atoms with Crippen LogP contribution in [-0.4, -0.2) is 40.0 Å². The number of amides is 2. The van der Waals surface area contributed by atoms with Gasteiger partial charge in [-0.2, -0.15) is 0 Å². The SMILES string of the molecule is C=S(=O)(NC)[C@@H]1CCCN1C(=O)NCc1ccccc1. The van der Waals surface area contributed by atoms with E-state index in [-0.39, 0.29) is 11.4 Å². The average molecular weight is 295 g/mol. The molecular weight excluding hydrogens is 274 g/mol. The van der Waals surface area contributed by atoms with Crippen LogP contribution in [-0.2, 0) is 16.3 Å². The molecule has 110 valence electrons. The fraction of sp³-hybridized carbons (Fsp3) is 0.429. The van der Waals surface area contributed by atoms with Gasteiger partial charge in [-0.25, -0.2) is 9.52 Å². The monoisotopic (exact) mass is 295 g/mol. The number of nitrogens with zero attached hydrogens (tertiary/aromatic N) is 1. The summed E-state index contributed by atoms with van der Waals surface area (Å²) < 4.78 is 15.0. The molecule has 0 saturated carbocycles. The second-order valence-corrected chi connectivity index (χ2v) is 7.27. The minimum atomic E-state index is -2.46. The van der Waals surface area contributed by atoms with Gasteiger partial charge in [-0.3, -0.25) is 4.21 Å².